The molecule has 3 aromatic rings. The van der Waals surface area contributed by atoms with E-state index in [1.807, 2.05) is 13.0 Å². The van der Waals surface area contributed by atoms with Crippen LogP contribution in [-0.4, -0.2) is 63.1 Å². The SMILES string of the molecule is CCc1cncc(CNC(=O)C2=CN(CC(F)CCc3nnc(NC(=O)Cc4cccc(OC(F)(F)F)c4)s3)NN2C)c1. The summed E-state index contributed by atoms with van der Waals surface area (Å²) in [5.41, 5.74) is 5.52. The molecule has 1 unspecified atom stereocenters. The average molecular weight is 623 g/mol. The third kappa shape index (κ3) is 9.89. The average Bonchev–Trinajstić information content (AvgIpc) is 3.55. The number of benzene rings is 1. The van der Waals surface area contributed by atoms with Gasteiger partial charge in [-0.1, -0.05) is 36.5 Å². The molecule has 0 aliphatic carbocycles. The molecule has 43 heavy (non-hydrogen) atoms. The highest BCUT2D eigenvalue weighted by atomic mass is 32.1. The number of rotatable bonds is 13. The van der Waals surface area contributed by atoms with Gasteiger partial charge < -0.3 is 15.4 Å². The summed E-state index contributed by atoms with van der Waals surface area (Å²) >= 11 is 1.08. The van der Waals surface area contributed by atoms with Crippen molar-refractivity contribution < 1.29 is 31.9 Å². The van der Waals surface area contributed by atoms with E-state index < -0.39 is 24.2 Å². The number of ether oxygens (including phenoxy) is 1. The topological polar surface area (TPSA) is 125 Å². The fourth-order valence-electron chi connectivity index (χ4n) is 4.11. The Hall–Kier alpha value is -4.31. The molecule has 11 nitrogen and oxygen atoms in total. The third-order valence-electron chi connectivity index (χ3n) is 6.14. The second-order valence-electron chi connectivity index (χ2n) is 9.62. The molecule has 1 aromatic carbocycles. The van der Waals surface area contributed by atoms with E-state index in [9.17, 15) is 27.2 Å². The predicted molar refractivity (Wildman–Crippen MR) is 150 cm³/mol. The summed E-state index contributed by atoms with van der Waals surface area (Å²) < 4.78 is 56.0. The molecule has 230 valence electrons. The maximum Gasteiger partial charge on any atom is 0.573 e. The number of carbonyl (C=O) groups excluding carboxylic acids is 2. The number of likely N-dealkylation sites (N-methyl/N-ethyl adjacent to an activating group) is 1. The van der Waals surface area contributed by atoms with Gasteiger partial charge >= 0.3 is 6.36 Å². The van der Waals surface area contributed by atoms with Crippen molar-refractivity contribution in [2.24, 2.45) is 0 Å². The van der Waals surface area contributed by atoms with Crippen LogP contribution in [0.4, 0.5) is 22.7 Å². The zero-order valence-electron chi connectivity index (χ0n) is 23.3. The Bertz CT molecular complexity index is 1450. The molecular weight excluding hydrogens is 592 g/mol. The summed E-state index contributed by atoms with van der Waals surface area (Å²) in [6.45, 7) is 2.31. The van der Waals surface area contributed by atoms with Gasteiger partial charge in [-0.3, -0.25) is 24.6 Å². The van der Waals surface area contributed by atoms with E-state index in [-0.39, 0.29) is 36.8 Å². The van der Waals surface area contributed by atoms with Crippen LogP contribution in [0.15, 0.2) is 54.6 Å². The lowest BCUT2D eigenvalue weighted by molar-refractivity contribution is -0.274. The Morgan fingerprint density at radius 2 is 1.93 bits per heavy atom. The van der Waals surface area contributed by atoms with Crippen LogP contribution in [0.2, 0.25) is 0 Å². The van der Waals surface area contributed by atoms with Crippen LogP contribution in [0.5, 0.6) is 5.75 Å². The zero-order chi connectivity index (χ0) is 31.0. The highest BCUT2D eigenvalue weighted by Gasteiger charge is 2.31. The van der Waals surface area contributed by atoms with E-state index in [0.717, 1.165) is 41.0 Å². The zero-order valence-corrected chi connectivity index (χ0v) is 24.1. The number of aryl methyl sites for hydroxylation is 2. The van der Waals surface area contributed by atoms with Gasteiger partial charge in [0.1, 0.15) is 22.6 Å². The minimum absolute atomic E-state index is 0.0247. The van der Waals surface area contributed by atoms with Crippen molar-refractivity contribution in [3.63, 3.8) is 0 Å². The summed E-state index contributed by atoms with van der Waals surface area (Å²) in [6.07, 6.45) is -0.0765. The summed E-state index contributed by atoms with van der Waals surface area (Å²) in [5, 5.41) is 16.9. The lowest BCUT2D eigenvalue weighted by Crippen LogP contribution is -2.42. The van der Waals surface area contributed by atoms with Gasteiger partial charge in [0.2, 0.25) is 11.0 Å². The van der Waals surface area contributed by atoms with Crippen LogP contribution in [0.1, 0.15) is 35.0 Å². The van der Waals surface area contributed by atoms with Gasteiger partial charge in [-0.05, 0) is 41.7 Å². The Morgan fingerprint density at radius 3 is 2.70 bits per heavy atom. The van der Waals surface area contributed by atoms with Crippen molar-refractivity contribution in [3.8, 4) is 5.75 Å². The summed E-state index contributed by atoms with van der Waals surface area (Å²) in [6, 6.07) is 7.10. The minimum Gasteiger partial charge on any atom is -0.406 e. The number of hydrazine groups is 2. The molecule has 3 heterocycles. The van der Waals surface area contributed by atoms with E-state index in [1.165, 1.54) is 28.4 Å². The lowest BCUT2D eigenvalue weighted by Gasteiger charge is -2.21. The second kappa shape index (κ2) is 14.2. The summed E-state index contributed by atoms with van der Waals surface area (Å²) in [7, 11) is 1.65. The molecule has 0 fully saturated rings. The fraction of sp³-hybridized carbons (Fsp3) is 0.370. The van der Waals surface area contributed by atoms with Crippen molar-refractivity contribution >= 4 is 28.3 Å². The number of alkyl halides is 4. The first-order chi connectivity index (χ1) is 20.5. The standard InChI is InChI=1S/C27H30F4N8O3S/c1-3-17-9-19(13-32-12-17)14-33-25(41)22-16-39(37-38(22)2)15-20(28)7-8-24-35-36-26(43-24)34-23(40)11-18-5-4-6-21(10-18)42-27(29,30)31/h4-6,9-10,12-13,16,20,37H,3,7-8,11,14-15H2,1-2H3,(H,33,41)(H,34,36,40). The maximum absolute atomic E-state index is 14.8. The maximum atomic E-state index is 14.8. The Kier molecular flexibility index (Phi) is 10.5. The van der Waals surface area contributed by atoms with Crippen LogP contribution in [0.25, 0.3) is 0 Å². The molecule has 4 rings (SSSR count). The minimum atomic E-state index is -4.83. The molecule has 0 bridgehead atoms. The van der Waals surface area contributed by atoms with E-state index in [2.05, 4.69) is 36.1 Å². The number of hydrogen-bond acceptors (Lipinski definition) is 10. The number of nitrogens with zero attached hydrogens (tertiary/aromatic N) is 5. The van der Waals surface area contributed by atoms with Gasteiger partial charge in [-0.2, -0.15) is 0 Å². The van der Waals surface area contributed by atoms with Crippen LogP contribution in [0, 0.1) is 0 Å². The molecule has 2 amide bonds. The normalized spacial score (nSPS) is 14.0. The molecule has 0 radical (unpaired) electrons. The summed E-state index contributed by atoms with van der Waals surface area (Å²) in [4.78, 5) is 29.2. The van der Waals surface area contributed by atoms with E-state index in [4.69, 9.17) is 0 Å². The molecule has 1 aliphatic rings. The van der Waals surface area contributed by atoms with Crippen LogP contribution in [-0.2, 0) is 35.4 Å². The monoisotopic (exact) mass is 622 g/mol. The van der Waals surface area contributed by atoms with Crippen molar-refractivity contribution in [1.29, 1.82) is 0 Å². The largest absolute Gasteiger partial charge is 0.573 e. The Balaban J connectivity index is 1.20. The van der Waals surface area contributed by atoms with Crippen LogP contribution >= 0.6 is 11.3 Å². The van der Waals surface area contributed by atoms with Crippen molar-refractivity contribution in [2.45, 2.75) is 51.7 Å². The number of aromatic nitrogens is 3. The smallest absolute Gasteiger partial charge is 0.406 e. The van der Waals surface area contributed by atoms with Crippen molar-refractivity contribution in [3.05, 3.63) is 76.3 Å². The summed E-state index contributed by atoms with van der Waals surface area (Å²) in [5.74, 6) is -1.24. The third-order valence-corrected chi connectivity index (χ3v) is 7.04. The molecule has 1 aliphatic heterocycles. The molecule has 16 heteroatoms. The van der Waals surface area contributed by atoms with Gasteiger partial charge in [0.25, 0.3) is 5.91 Å². The van der Waals surface area contributed by atoms with Gasteiger partial charge in [0, 0.05) is 38.6 Å². The van der Waals surface area contributed by atoms with Crippen LogP contribution < -0.4 is 20.9 Å². The molecule has 1 atom stereocenters. The first-order valence-corrected chi connectivity index (χ1v) is 14.1. The number of carbonyl (C=O) groups is 2. The number of hydrogen-bond donors (Lipinski definition) is 3. The van der Waals surface area contributed by atoms with Gasteiger partial charge in [-0.15, -0.1) is 28.9 Å². The number of amides is 2. The predicted octanol–water partition coefficient (Wildman–Crippen LogP) is 3.67. The van der Waals surface area contributed by atoms with Crippen molar-refractivity contribution in [2.75, 3.05) is 18.9 Å². The van der Waals surface area contributed by atoms with Gasteiger partial charge in [0.15, 0.2) is 0 Å². The van der Waals surface area contributed by atoms with Gasteiger partial charge in [-0.25, -0.2) is 4.39 Å². The van der Waals surface area contributed by atoms with E-state index in [1.54, 1.807) is 19.4 Å². The lowest BCUT2D eigenvalue weighted by atomic mass is 10.1. The first-order valence-electron chi connectivity index (χ1n) is 13.3. The van der Waals surface area contributed by atoms with Crippen molar-refractivity contribution in [1.82, 2.24) is 36.1 Å². The molecular formula is C27H30F4N8O3S. The van der Waals surface area contributed by atoms with E-state index >= 15 is 0 Å². The van der Waals surface area contributed by atoms with E-state index in [0.29, 0.717) is 22.8 Å². The number of pyridine rings is 1. The van der Waals surface area contributed by atoms with Gasteiger partial charge in [0.05, 0.1) is 13.0 Å². The second-order valence-corrected chi connectivity index (χ2v) is 10.7. The Labute approximate surface area is 248 Å². The fourth-order valence-corrected chi connectivity index (χ4v) is 4.88. The Morgan fingerprint density at radius 1 is 1.14 bits per heavy atom. The first kappa shape index (κ1) is 31.6. The molecule has 3 N–H and O–H groups in total. The highest BCUT2D eigenvalue weighted by molar-refractivity contribution is 7.15. The molecule has 2 aromatic heterocycles. The van der Waals surface area contributed by atoms with Crippen LogP contribution in [0.3, 0.4) is 0 Å². The molecule has 0 spiro atoms. The number of nitrogens with one attached hydrogen (secondary N) is 3. The number of halogens is 4. The quantitative estimate of drug-likeness (QED) is 0.245. The number of anilines is 1. The highest BCUT2D eigenvalue weighted by Crippen LogP contribution is 2.24. The molecule has 0 saturated carbocycles. The molecule has 0 saturated heterocycles.